The van der Waals surface area contributed by atoms with E-state index in [4.69, 9.17) is 19.1 Å². The fraction of sp³-hybridized carbons (Fsp3) is 0.296. The number of hydrogen-bond donors (Lipinski definition) is 1. The monoisotopic (exact) mass is 512 g/mol. The van der Waals surface area contributed by atoms with Crippen LogP contribution in [-0.2, 0) is 17.6 Å². The Kier molecular flexibility index (Phi) is 6.73. The molecule has 1 aliphatic rings. The molecule has 37 heavy (non-hydrogen) atoms. The lowest BCUT2D eigenvalue weighted by Gasteiger charge is -2.19. The van der Waals surface area contributed by atoms with Gasteiger partial charge in [-0.25, -0.2) is 14.2 Å². The van der Waals surface area contributed by atoms with Gasteiger partial charge in [0, 0.05) is 29.2 Å². The number of ether oxygens (including phenoxy) is 2. The van der Waals surface area contributed by atoms with Gasteiger partial charge in [-0.2, -0.15) is 8.78 Å². The number of benzene rings is 2. The average molecular weight is 512 g/mol. The van der Waals surface area contributed by atoms with E-state index >= 15 is 0 Å². The van der Waals surface area contributed by atoms with Crippen LogP contribution in [-0.4, -0.2) is 34.4 Å². The molecule has 1 fully saturated rings. The molecule has 0 atom stereocenters. The first-order chi connectivity index (χ1) is 17.9. The predicted octanol–water partition coefficient (Wildman–Crippen LogP) is 6.12. The minimum atomic E-state index is -3.21. The largest absolute Gasteiger partial charge is 0.481 e. The van der Waals surface area contributed by atoms with Crippen LogP contribution < -0.4 is 9.47 Å². The van der Waals surface area contributed by atoms with Crippen molar-refractivity contribution in [2.24, 2.45) is 0 Å². The molecule has 2 aromatic heterocycles. The summed E-state index contributed by atoms with van der Waals surface area (Å²) in [5, 5.41) is 12.8. The van der Waals surface area contributed by atoms with E-state index in [1.807, 2.05) is 24.3 Å². The lowest BCUT2D eigenvalue weighted by molar-refractivity contribution is -0.139. The zero-order chi connectivity index (χ0) is 26.1. The van der Waals surface area contributed by atoms with Crippen LogP contribution in [0.15, 0.2) is 47.1 Å². The van der Waals surface area contributed by atoms with Gasteiger partial charge in [0.15, 0.2) is 6.61 Å². The number of aromatic nitrogens is 2. The highest BCUT2D eigenvalue weighted by Gasteiger charge is 2.30. The molecule has 0 spiro atoms. The van der Waals surface area contributed by atoms with Crippen LogP contribution in [0.4, 0.5) is 13.2 Å². The first kappa shape index (κ1) is 24.6. The molecule has 0 unspecified atom stereocenters. The standard InChI is InChI=1S/C27H23F3N2O5/c1-2-20-17(11-14-3-5-15(6-4-14)18-12-31-37-25(18)16-7-8-16)26(36-27(29)30)23-21(35-13-22(33)34)10-9-19(28)24(23)32-20/h3-6,9-10,12,16,27H,2,7-8,11,13H2,1H3,(H,33,34). The third kappa shape index (κ3) is 5.09. The number of rotatable bonds is 10. The second-order valence-corrected chi connectivity index (χ2v) is 8.80. The Bertz CT molecular complexity index is 1450. The zero-order valence-corrected chi connectivity index (χ0v) is 19.8. The van der Waals surface area contributed by atoms with Crippen molar-refractivity contribution >= 4 is 16.9 Å². The normalized spacial score (nSPS) is 13.3. The molecule has 5 rings (SSSR count). The average Bonchev–Trinajstić information content (AvgIpc) is 3.61. The maximum absolute atomic E-state index is 14.7. The number of pyridine rings is 1. The number of alkyl halides is 2. The first-order valence-corrected chi connectivity index (χ1v) is 11.8. The van der Waals surface area contributed by atoms with Gasteiger partial charge in [-0.1, -0.05) is 36.3 Å². The Morgan fingerprint density at radius 1 is 1.19 bits per heavy atom. The van der Waals surface area contributed by atoms with E-state index in [1.54, 1.807) is 13.1 Å². The number of halogens is 3. The van der Waals surface area contributed by atoms with Crippen molar-refractivity contribution < 1.29 is 37.1 Å². The third-order valence-corrected chi connectivity index (χ3v) is 6.27. The summed E-state index contributed by atoms with van der Waals surface area (Å²) in [6.45, 7) is -2.17. The van der Waals surface area contributed by atoms with Gasteiger partial charge < -0.3 is 19.1 Å². The number of carboxylic acid groups (broad SMARTS) is 1. The summed E-state index contributed by atoms with van der Waals surface area (Å²) < 4.78 is 57.5. The Morgan fingerprint density at radius 2 is 1.95 bits per heavy atom. The third-order valence-electron chi connectivity index (χ3n) is 6.27. The van der Waals surface area contributed by atoms with Crippen molar-refractivity contribution in [3.63, 3.8) is 0 Å². The summed E-state index contributed by atoms with van der Waals surface area (Å²) in [4.78, 5) is 15.4. The van der Waals surface area contributed by atoms with E-state index in [2.05, 4.69) is 10.1 Å². The Hall–Kier alpha value is -4.08. The van der Waals surface area contributed by atoms with Gasteiger partial charge in [0.2, 0.25) is 0 Å². The summed E-state index contributed by atoms with van der Waals surface area (Å²) in [5.74, 6) is -1.17. The molecule has 1 aliphatic carbocycles. The molecule has 1 N–H and O–H groups in total. The number of fused-ring (bicyclic) bond motifs is 1. The summed E-state index contributed by atoms with van der Waals surface area (Å²) in [7, 11) is 0. The predicted molar refractivity (Wildman–Crippen MR) is 128 cm³/mol. The van der Waals surface area contributed by atoms with Gasteiger partial charge in [-0.15, -0.1) is 0 Å². The number of carboxylic acids is 1. The summed E-state index contributed by atoms with van der Waals surface area (Å²) in [6.07, 6.45) is 4.32. The molecule has 1 saturated carbocycles. The highest BCUT2D eigenvalue weighted by molar-refractivity contribution is 5.93. The number of aryl methyl sites for hydroxylation is 1. The molecule has 7 nitrogen and oxygen atoms in total. The fourth-order valence-electron chi connectivity index (χ4n) is 4.43. The lowest BCUT2D eigenvalue weighted by atomic mass is 9.96. The number of carbonyl (C=O) groups is 1. The molecule has 0 bridgehead atoms. The van der Waals surface area contributed by atoms with Crippen molar-refractivity contribution in [1.82, 2.24) is 10.1 Å². The van der Waals surface area contributed by atoms with Crippen LogP contribution in [0.5, 0.6) is 11.5 Å². The molecule has 0 amide bonds. The van der Waals surface area contributed by atoms with Crippen molar-refractivity contribution in [3.8, 4) is 22.6 Å². The van der Waals surface area contributed by atoms with Crippen molar-refractivity contribution in [2.75, 3.05) is 6.61 Å². The Morgan fingerprint density at radius 3 is 2.59 bits per heavy atom. The first-order valence-electron chi connectivity index (χ1n) is 11.8. The number of aliphatic carboxylic acids is 1. The molecule has 2 aromatic carbocycles. The maximum atomic E-state index is 14.7. The molecule has 10 heteroatoms. The van der Waals surface area contributed by atoms with Crippen molar-refractivity contribution in [2.45, 2.75) is 45.1 Å². The molecule has 2 heterocycles. The molecule has 0 aliphatic heterocycles. The molecule has 0 radical (unpaired) electrons. The maximum Gasteiger partial charge on any atom is 0.387 e. The van der Waals surface area contributed by atoms with E-state index in [1.165, 1.54) is 6.07 Å². The van der Waals surface area contributed by atoms with Crippen molar-refractivity contribution in [3.05, 3.63) is 71.0 Å². The van der Waals surface area contributed by atoms with E-state index in [-0.39, 0.29) is 28.8 Å². The van der Waals surface area contributed by atoms with E-state index in [0.717, 1.165) is 41.4 Å². The molecular formula is C27H23F3N2O5. The molecule has 192 valence electrons. The van der Waals surface area contributed by atoms with Gasteiger partial charge in [-0.05, 0) is 42.5 Å². The van der Waals surface area contributed by atoms with Crippen LogP contribution in [0.25, 0.3) is 22.0 Å². The van der Waals surface area contributed by atoms with Gasteiger partial charge in [0.05, 0.1) is 11.6 Å². The molecule has 4 aromatic rings. The summed E-state index contributed by atoms with van der Waals surface area (Å²) in [6, 6.07) is 9.77. The van der Waals surface area contributed by atoms with Gasteiger partial charge in [-0.3, -0.25) is 0 Å². The molecular weight excluding hydrogens is 489 g/mol. The van der Waals surface area contributed by atoms with Crippen LogP contribution in [0, 0.1) is 5.82 Å². The lowest BCUT2D eigenvalue weighted by Crippen LogP contribution is -2.13. The van der Waals surface area contributed by atoms with E-state index < -0.39 is 25.0 Å². The van der Waals surface area contributed by atoms with Crippen LogP contribution in [0.3, 0.4) is 0 Å². The molecule has 0 saturated heterocycles. The quantitative estimate of drug-likeness (QED) is 0.273. The highest BCUT2D eigenvalue weighted by Crippen LogP contribution is 2.45. The summed E-state index contributed by atoms with van der Waals surface area (Å²) >= 11 is 0. The minimum absolute atomic E-state index is 0.110. The smallest absolute Gasteiger partial charge is 0.387 e. The van der Waals surface area contributed by atoms with Gasteiger partial charge in [0.25, 0.3) is 0 Å². The van der Waals surface area contributed by atoms with E-state index in [9.17, 15) is 18.0 Å². The van der Waals surface area contributed by atoms with Gasteiger partial charge in [0.1, 0.15) is 28.6 Å². The van der Waals surface area contributed by atoms with Crippen LogP contribution in [0.2, 0.25) is 0 Å². The topological polar surface area (TPSA) is 94.7 Å². The fourth-order valence-corrected chi connectivity index (χ4v) is 4.43. The Labute approximate surface area is 209 Å². The SMILES string of the molecule is CCc1nc2c(F)ccc(OCC(=O)O)c2c(OC(F)F)c1Cc1ccc(-c2cnoc2C2CC2)cc1. The zero-order valence-electron chi connectivity index (χ0n) is 19.8. The van der Waals surface area contributed by atoms with Crippen LogP contribution in [0.1, 0.15) is 48.3 Å². The van der Waals surface area contributed by atoms with E-state index in [0.29, 0.717) is 23.6 Å². The second kappa shape index (κ2) is 10.1. The Balaban J connectivity index is 1.58. The van der Waals surface area contributed by atoms with Crippen LogP contribution >= 0.6 is 0 Å². The van der Waals surface area contributed by atoms with Gasteiger partial charge >= 0.3 is 12.6 Å². The minimum Gasteiger partial charge on any atom is -0.481 e. The summed E-state index contributed by atoms with van der Waals surface area (Å²) in [5.41, 5.74) is 3.14. The second-order valence-electron chi connectivity index (χ2n) is 8.80. The number of hydrogen-bond acceptors (Lipinski definition) is 6. The highest BCUT2D eigenvalue weighted by atomic mass is 19.3. The van der Waals surface area contributed by atoms with Crippen molar-refractivity contribution in [1.29, 1.82) is 0 Å². The number of nitrogens with zero attached hydrogens (tertiary/aromatic N) is 2.